The highest BCUT2D eigenvalue weighted by molar-refractivity contribution is 9.10. The number of ketones is 1. The first-order chi connectivity index (χ1) is 35.4. The van der Waals surface area contributed by atoms with E-state index >= 15 is 0 Å². The Morgan fingerprint density at radius 2 is 1.36 bits per heavy atom. The molecule has 427 valence electrons. The van der Waals surface area contributed by atoms with Crippen molar-refractivity contribution in [3.8, 4) is 17.2 Å². The van der Waals surface area contributed by atoms with E-state index in [0.717, 1.165) is 36.7 Å². The molecule has 21 heteroatoms. The molecule has 2 rings (SSSR count). The van der Waals surface area contributed by atoms with Crippen molar-refractivity contribution in [3.05, 3.63) is 53.1 Å². The molecule has 4 atom stereocenters. The molecule has 0 aromatic heterocycles. The number of aliphatic carboxylic acids is 1. The molecule has 0 aliphatic heterocycles. The maximum absolute atomic E-state index is 14.8. The van der Waals surface area contributed by atoms with E-state index in [1.807, 2.05) is 39.2 Å². The quantitative estimate of drug-likeness (QED) is 0.0127. The zero-order valence-electron chi connectivity index (χ0n) is 50.9. The van der Waals surface area contributed by atoms with Gasteiger partial charge in [0.25, 0.3) is 8.32 Å². The molecule has 0 saturated carbocycles. The lowest BCUT2D eigenvalue weighted by Gasteiger charge is -2.37. The SMILES string of the molecule is [2H]C([B][3H])SOc1ccc(CC(CC(=O)C(Cc2ccc(O[Si](C)(C)C(C)(C)C)c(C)c2)NC(=O)OC(C)(C)C)C(=O)NCCOC(=O)C(C)(C)CC(C)(Br)C(=O)OCC[N+](C)(C)CCC(=O)O)cc1O[Si](C)(C)C(C)(C)C. The average Bonchev–Trinajstić information content (AvgIpc) is 3.27. The average molecular weight is 1180 g/mol. The molecule has 4 unspecified atom stereocenters. The second-order valence-electron chi connectivity index (χ2n) is 25.2. The minimum absolute atomic E-state index is 0.00555. The Morgan fingerprint density at radius 1 is 0.803 bits per heavy atom. The first-order valence-corrected chi connectivity index (χ1v) is 33.3. The molecule has 0 aliphatic carbocycles. The Morgan fingerprint density at radius 3 is 1.89 bits per heavy atom. The van der Waals surface area contributed by atoms with Gasteiger partial charge in [-0.3, -0.25) is 24.0 Å². The molecule has 16 nitrogen and oxygen atoms in total. The number of Topliss-reactive ketones (excluding diaryl/α,β-unsaturated/α-hetero) is 1. The fourth-order valence-corrected chi connectivity index (χ4v) is 10.5. The number of hydrogen-bond donors (Lipinski definition) is 3. The van der Waals surface area contributed by atoms with E-state index in [9.17, 15) is 28.8 Å². The zero-order chi connectivity index (χ0) is 60.0. The van der Waals surface area contributed by atoms with E-state index in [2.05, 4.69) is 94.3 Å². The molecule has 1 radical (unpaired) electrons. The van der Waals surface area contributed by atoms with Gasteiger partial charge >= 0.3 is 24.0 Å². The molecule has 2 aromatic rings. The van der Waals surface area contributed by atoms with E-state index < -0.39 is 85.3 Å². The number of amides is 2. The number of carboxylic acids is 1. The Kier molecular flexibility index (Phi) is 23.5. The maximum Gasteiger partial charge on any atom is 0.408 e. The first-order valence-electron chi connectivity index (χ1n) is 27.0. The highest BCUT2D eigenvalue weighted by atomic mass is 79.9. The number of carbonyl (C=O) groups excluding carboxylic acids is 5. The van der Waals surface area contributed by atoms with Crippen LogP contribution in [0.1, 0.15) is 120 Å². The number of alkyl halides is 1. The van der Waals surface area contributed by atoms with Crippen molar-refractivity contribution in [1.82, 2.24) is 10.6 Å². The van der Waals surface area contributed by atoms with Crippen molar-refractivity contribution in [1.29, 1.82) is 1.34 Å². The predicted molar refractivity (Wildman–Crippen MR) is 312 cm³/mol. The van der Waals surface area contributed by atoms with Crippen LogP contribution in [0.4, 0.5) is 4.79 Å². The summed E-state index contributed by atoms with van der Waals surface area (Å²) in [6.07, 6.45) is -1.05. The van der Waals surface area contributed by atoms with Gasteiger partial charge in [0.1, 0.15) is 49.0 Å². The smallest absolute Gasteiger partial charge is 0.408 e. The van der Waals surface area contributed by atoms with Crippen LogP contribution >= 0.6 is 28.0 Å². The highest BCUT2D eigenvalue weighted by Crippen LogP contribution is 2.42. The van der Waals surface area contributed by atoms with Crippen LogP contribution in [0.25, 0.3) is 0 Å². The number of halogens is 1. The lowest BCUT2D eigenvalue weighted by atomic mass is 9.83. The minimum atomic E-state index is -2.50. The number of rotatable bonds is 30. The number of alkyl carbamates (subject to hydrolysis) is 1. The van der Waals surface area contributed by atoms with Gasteiger partial charge in [-0.1, -0.05) is 75.7 Å². The Labute approximate surface area is 473 Å². The molecular weight excluding hydrogens is 1090 g/mol. The molecule has 2 aromatic carbocycles. The number of esters is 2. The van der Waals surface area contributed by atoms with Gasteiger partial charge in [-0.25, -0.2) is 4.79 Å². The van der Waals surface area contributed by atoms with Gasteiger partial charge in [0.15, 0.2) is 11.5 Å². The fourth-order valence-electron chi connectivity index (χ4n) is 7.25. The van der Waals surface area contributed by atoms with E-state index in [4.69, 9.17) is 35.1 Å². The van der Waals surface area contributed by atoms with E-state index in [1.165, 1.54) is 0 Å². The summed E-state index contributed by atoms with van der Waals surface area (Å²) >= 11 is 4.23. The van der Waals surface area contributed by atoms with E-state index in [0.29, 0.717) is 34.6 Å². The molecule has 0 aliphatic rings. The van der Waals surface area contributed by atoms with Gasteiger partial charge in [-0.15, -0.1) is 0 Å². The van der Waals surface area contributed by atoms with Gasteiger partial charge < -0.3 is 47.5 Å². The summed E-state index contributed by atoms with van der Waals surface area (Å²) in [5.41, 5.74) is -0.820. The number of ether oxygens (including phenoxy) is 3. The molecule has 76 heavy (non-hydrogen) atoms. The summed E-state index contributed by atoms with van der Waals surface area (Å²) in [4.78, 5) is 80.5. The van der Waals surface area contributed by atoms with Crippen LogP contribution in [-0.4, -0.2) is 140 Å². The van der Waals surface area contributed by atoms with Gasteiger partial charge in [-0.05, 0) is 146 Å². The first kappa shape index (κ1) is 64.5. The third-order valence-corrected chi connectivity index (χ3v) is 23.5. The lowest BCUT2D eigenvalue weighted by Crippen LogP contribution is -2.46. The molecule has 0 saturated heterocycles. The van der Waals surface area contributed by atoms with Gasteiger partial charge in [0.2, 0.25) is 14.2 Å². The van der Waals surface area contributed by atoms with Crippen LogP contribution in [0, 0.1) is 18.3 Å². The number of carbonyl (C=O) groups is 6. The number of hydrogen-bond acceptors (Lipinski definition) is 13. The van der Waals surface area contributed by atoms with Gasteiger partial charge in [0.05, 0.1) is 45.1 Å². The summed E-state index contributed by atoms with van der Waals surface area (Å²) in [6, 6.07) is 9.76. The van der Waals surface area contributed by atoms with Crippen LogP contribution < -0.4 is 23.7 Å². The zero-order valence-corrected chi connectivity index (χ0v) is 53.3. The summed E-state index contributed by atoms with van der Waals surface area (Å²) in [6.45, 7) is 33.6. The van der Waals surface area contributed by atoms with E-state index in [-0.39, 0.29) is 61.9 Å². The van der Waals surface area contributed by atoms with Crippen molar-refractivity contribution in [3.63, 3.8) is 0 Å². The van der Waals surface area contributed by atoms with Crippen LogP contribution in [0.3, 0.4) is 0 Å². The normalized spacial score (nSPS) is 15.1. The van der Waals surface area contributed by atoms with Crippen molar-refractivity contribution in [2.75, 3.05) is 52.6 Å². The number of nitrogens with zero attached hydrogens (tertiary/aromatic N) is 1. The highest BCUT2D eigenvalue weighted by Gasteiger charge is 2.44. The number of nitrogens with one attached hydrogen (secondary N) is 2. The molecule has 0 bridgehead atoms. The van der Waals surface area contributed by atoms with Gasteiger partial charge in [-0.2, -0.15) is 0 Å². The maximum atomic E-state index is 14.8. The molecule has 0 fully saturated rings. The molecule has 0 heterocycles. The third-order valence-electron chi connectivity index (χ3n) is 13.9. The predicted octanol–water partition coefficient (Wildman–Crippen LogP) is 10.2. The molecule has 0 spiro atoms. The minimum Gasteiger partial charge on any atom is -0.543 e. The third kappa shape index (κ3) is 22.7. The number of likely N-dealkylation sites (N-methyl/N-ethyl adjacent to an activating group) is 1. The van der Waals surface area contributed by atoms with Gasteiger partial charge in [0, 0.05) is 25.8 Å². The van der Waals surface area contributed by atoms with Crippen LogP contribution in [0.2, 0.25) is 36.3 Å². The van der Waals surface area contributed by atoms with Crippen LogP contribution in [0.15, 0.2) is 36.4 Å². The standard InChI is InChI=1S/C55H90BBrN3O13SSi2/c1-37-30-38(20-22-43(37)72-75(16,17)52(5,6)7)32-41(59-50(67)70-51(2,3)4)42(61)34-40(31-39-21-23-44(71-74-36-56)45(33-39)73-76(18,19)53(8,9)10)47(64)58-25-28-68-48(65)54(11,12)35-55(13,57)49(66)69-29-27-60(14,15)26-24-46(62)63/h20-23,30,33,40-41,56H,24-29,31-32,34-36H2,1-19H3,(H2-,58,59,62,63,64,67)/p+1/i36D,56T. The second kappa shape index (κ2) is 27.7. The Hall–Kier alpha value is -4.05. The van der Waals surface area contributed by atoms with Crippen molar-refractivity contribution >= 4 is 88.1 Å². The summed E-state index contributed by atoms with van der Waals surface area (Å²) in [5, 5.41) is 14.5. The molecule has 2 amide bonds. The largest absolute Gasteiger partial charge is 0.543 e. The number of aryl methyl sites for hydroxylation is 1. The lowest BCUT2D eigenvalue weighted by molar-refractivity contribution is -0.889. The monoisotopic (exact) mass is 1180 g/mol. The summed E-state index contributed by atoms with van der Waals surface area (Å²) < 4.78 is 50.7. The summed E-state index contributed by atoms with van der Waals surface area (Å²) in [7, 11) is -0.0601. The Balaban J connectivity index is 2.51. The fraction of sp³-hybridized carbons (Fsp3) is 0.673. The van der Waals surface area contributed by atoms with Crippen molar-refractivity contribution in [2.45, 2.75) is 174 Å². The molecular formula is C55H91BBrN3O13SSi2+. The number of benzene rings is 2. The van der Waals surface area contributed by atoms with Crippen LogP contribution in [-0.2, 0) is 51.0 Å². The van der Waals surface area contributed by atoms with Crippen molar-refractivity contribution in [2.24, 2.45) is 11.3 Å². The second-order valence-corrected chi connectivity index (χ2v) is 37.1. The number of carboxylic acid groups (broad SMARTS) is 1. The number of quaternary nitrogens is 1. The topological polar surface area (TPSA) is 202 Å². The Bertz CT molecular complexity index is 2390. The van der Waals surface area contributed by atoms with Crippen molar-refractivity contribution < 1.29 is 67.0 Å². The molecule has 3 N–H and O–H groups in total. The van der Waals surface area contributed by atoms with Crippen LogP contribution in [0.5, 0.6) is 17.2 Å². The summed E-state index contributed by atoms with van der Waals surface area (Å²) in [5.74, 6) is -2.67. The van der Waals surface area contributed by atoms with E-state index in [1.54, 1.807) is 59.7 Å².